The van der Waals surface area contributed by atoms with Gasteiger partial charge in [-0.3, -0.25) is 9.59 Å². The minimum absolute atomic E-state index is 0.0649. The van der Waals surface area contributed by atoms with E-state index in [1.165, 1.54) is 0 Å². The van der Waals surface area contributed by atoms with Crippen LogP contribution in [-0.2, 0) is 22.4 Å². The molecule has 1 amide bonds. The highest BCUT2D eigenvalue weighted by Crippen LogP contribution is 2.25. The number of rotatable bonds is 6. The summed E-state index contributed by atoms with van der Waals surface area (Å²) < 4.78 is 5.42. The molecule has 1 unspecified atom stereocenters. The zero-order valence-electron chi connectivity index (χ0n) is 11.5. The van der Waals surface area contributed by atoms with Crippen LogP contribution in [0.3, 0.4) is 0 Å². The molecule has 2 N–H and O–H groups in total. The molecule has 108 valence electrons. The highest BCUT2D eigenvalue weighted by molar-refractivity contribution is 5.78. The van der Waals surface area contributed by atoms with Gasteiger partial charge in [-0.2, -0.15) is 0 Å². The Balaban J connectivity index is 1.81. The summed E-state index contributed by atoms with van der Waals surface area (Å²) >= 11 is 0. The lowest BCUT2D eigenvalue weighted by atomic mass is 10.1. The molecule has 1 atom stereocenters. The van der Waals surface area contributed by atoms with Crippen molar-refractivity contribution in [2.45, 2.75) is 26.2 Å². The Kier molecular flexibility index (Phi) is 4.61. The first-order chi connectivity index (χ1) is 9.54. The number of carbonyl (C=O) groups excluding carboxylic acids is 1. The molecule has 0 aromatic heterocycles. The van der Waals surface area contributed by atoms with Gasteiger partial charge in [0.1, 0.15) is 5.75 Å². The summed E-state index contributed by atoms with van der Waals surface area (Å²) in [5.74, 6) is -0.0828. The highest BCUT2D eigenvalue weighted by atomic mass is 16.5. The fraction of sp³-hybridized carbons (Fsp3) is 0.467. The monoisotopic (exact) mass is 277 g/mol. The maximum atomic E-state index is 11.8. The fourth-order valence-electron chi connectivity index (χ4n) is 2.26. The van der Waals surface area contributed by atoms with Crippen molar-refractivity contribution in [3.05, 3.63) is 29.3 Å². The third-order valence-electron chi connectivity index (χ3n) is 3.29. The minimum Gasteiger partial charge on any atom is -0.493 e. The quantitative estimate of drug-likeness (QED) is 0.824. The number of hydrogen-bond acceptors (Lipinski definition) is 3. The van der Waals surface area contributed by atoms with Crippen LogP contribution in [0.1, 0.15) is 24.5 Å². The lowest BCUT2D eigenvalue weighted by molar-refractivity contribution is -0.138. The smallest absolute Gasteiger partial charge is 0.303 e. The summed E-state index contributed by atoms with van der Waals surface area (Å²) in [6, 6.07) is 5.80. The van der Waals surface area contributed by atoms with Crippen molar-refractivity contribution >= 4 is 11.9 Å². The average Bonchev–Trinajstić information content (AvgIpc) is 2.83. The van der Waals surface area contributed by atoms with Crippen molar-refractivity contribution in [3.8, 4) is 5.75 Å². The van der Waals surface area contributed by atoms with E-state index in [2.05, 4.69) is 5.32 Å². The summed E-state index contributed by atoms with van der Waals surface area (Å²) in [7, 11) is 0. The molecule has 1 aliphatic heterocycles. The van der Waals surface area contributed by atoms with Crippen LogP contribution in [0.5, 0.6) is 5.75 Å². The molecule has 2 rings (SSSR count). The van der Waals surface area contributed by atoms with Gasteiger partial charge in [-0.1, -0.05) is 19.1 Å². The van der Waals surface area contributed by atoms with Gasteiger partial charge in [0.05, 0.1) is 13.0 Å². The molecule has 0 spiro atoms. The molecule has 5 heteroatoms. The second-order valence-corrected chi connectivity index (χ2v) is 5.22. The van der Waals surface area contributed by atoms with Crippen molar-refractivity contribution < 1.29 is 19.4 Å². The molecule has 0 aliphatic carbocycles. The summed E-state index contributed by atoms with van der Waals surface area (Å²) in [4.78, 5) is 22.3. The predicted molar refractivity (Wildman–Crippen MR) is 73.8 cm³/mol. The van der Waals surface area contributed by atoms with Gasteiger partial charge < -0.3 is 15.2 Å². The van der Waals surface area contributed by atoms with Crippen molar-refractivity contribution in [2.24, 2.45) is 5.92 Å². The van der Waals surface area contributed by atoms with Gasteiger partial charge >= 0.3 is 5.97 Å². The minimum atomic E-state index is -0.842. The summed E-state index contributed by atoms with van der Waals surface area (Å²) in [5.41, 5.74) is 2.10. The van der Waals surface area contributed by atoms with E-state index in [1.54, 1.807) is 6.92 Å². The van der Waals surface area contributed by atoms with E-state index < -0.39 is 5.97 Å². The van der Waals surface area contributed by atoms with Gasteiger partial charge in [-0.05, 0) is 23.1 Å². The van der Waals surface area contributed by atoms with Gasteiger partial charge in [-0.15, -0.1) is 0 Å². The van der Waals surface area contributed by atoms with Crippen LogP contribution in [0.2, 0.25) is 0 Å². The number of ether oxygens (including phenoxy) is 1. The Morgan fingerprint density at radius 2 is 2.25 bits per heavy atom. The third-order valence-corrected chi connectivity index (χ3v) is 3.29. The lowest BCUT2D eigenvalue weighted by Gasteiger charge is -2.10. The number of amides is 1. The second kappa shape index (κ2) is 6.41. The fourth-order valence-corrected chi connectivity index (χ4v) is 2.26. The molecule has 1 aromatic carbocycles. The molecule has 1 aromatic rings. The van der Waals surface area contributed by atoms with Crippen LogP contribution in [-0.4, -0.2) is 30.1 Å². The number of carboxylic acids is 1. The van der Waals surface area contributed by atoms with Gasteiger partial charge in [0.25, 0.3) is 0 Å². The van der Waals surface area contributed by atoms with E-state index in [0.717, 1.165) is 23.3 Å². The molecular weight excluding hydrogens is 258 g/mol. The van der Waals surface area contributed by atoms with Gasteiger partial charge in [0.2, 0.25) is 5.91 Å². The molecule has 0 saturated carbocycles. The number of benzene rings is 1. The normalized spacial score (nSPS) is 14.2. The summed E-state index contributed by atoms with van der Waals surface area (Å²) in [6.45, 7) is 2.90. The Labute approximate surface area is 117 Å². The number of carboxylic acid groups (broad SMARTS) is 1. The molecular formula is C15H19NO4. The number of nitrogens with one attached hydrogen (secondary N) is 1. The van der Waals surface area contributed by atoms with Crippen LogP contribution in [0.25, 0.3) is 0 Å². The lowest BCUT2D eigenvalue weighted by Crippen LogP contribution is -2.30. The molecule has 0 radical (unpaired) electrons. The Morgan fingerprint density at radius 3 is 3.00 bits per heavy atom. The Bertz CT molecular complexity index is 513. The largest absolute Gasteiger partial charge is 0.493 e. The standard InChI is InChI=1S/C15H19NO4/c1-10(6-15(18)19)9-16-14(17)8-11-2-3-13-12(7-11)4-5-20-13/h2-3,7,10H,4-6,8-9H2,1H3,(H,16,17)(H,18,19). The highest BCUT2D eigenvalue weighted by Gasteiger charge is 2.14. The van der Waals surface area contributed by atoms with Gasteiger partial charge in [0.15, 0.2) is 0 Å². The average molecular weight is 277 g/mol. The van der Waals surface area contributed by atoms with Crippen LogP contribution >= 0.6 is 0 Å². The van der Waals surface area contributed by atoms with Gasteiger partial charge in [0, 0.05) is 19.4 Å². The first kappa shape index (κ1) is 14.4. The summed E-state index contributed by atoms with van der Waals surface area (Å²) in [6.07, 6.45) is 1.27. The van der Waals surface area contributed by atoms with E-state index >= 15 is 0 Å². The van der Waals surface area contributed by atoms with E-state index in [0.29, 0.717) is 19.6 Å². The van der Waals surface area contributed by atoms with Crippen LogP contribution < -0.4 is 10.1 Å². The molecule has 0 bridgehead atoms. The number of hydrogen-bond donors (Lipinski definition) is 2. The Hall–Kier alpha value is -2.04. The van der Waals surface area contributed by atoms with E-state index in [-0.39, 0.29) is 18.2 Å². The molecule has 5 nitrogen and oxygen atoms in total. The zero-order valence-corrected chi connectivity index (χ0v) is 11.5. The first-order valence-corrected chi connectivity index (χ1v) is 6.77. The van der Waals surface area contributed by atoms with Crippen molar-refractivity contribution in [1.29, 1.82) is 0 Å². The number of carbonyl (C=O) groups is 2. The van der Waals surface area contributed by atoms with E-state index in [9.17, 15) is 9.59 Å². The van der Waals surface area contributed by atoms with Gasteiger partial charge in [-0.25, -0.2) is 0 Å². The van der Waals surface area contributed by atoms with E-state index in [4.69, 9.17) is 9.84 Å². The van der Waals surface area contributed by atoms with Crippen LogP contribution in [0.15, 0.2) is 18.2 Å². The van der Waals surface area contributed by atoms with Crippen molar-refractivity contribution in [3.63, 3.8) is 0 Å². The maximum absolute atomic E-state index is 11.8. The third kappa shape index (κ3) is 3.98. The Morgan fingerprint density at radius 1 is 1.45 bits per heavy atom. The van der Waals surface area contributed by atoms with Crippen molar-refractivity contribution in [1.82, 2.24) is 5.32 Å². The number of aliphatic carboxylic acids is 1. The molecule has 20 heavy (non-hydrogen) atoms. The number of fused-ring (bicyclic) bond motifs is 1. The predicted octanol–water partition coefficient (Wildman–Crippen LogP) is 1.39. The zero-order chi connectivity index (χ0) is 14.5. The first-order valence-electron chi connectivity index (χ1n) is 6.77. The maximum Gasteiger partial charge on any atom is 0.303 e. The molecule has 1 aliphatic rings. The molecule has 1 heterocycles. The molecule has 0 fully saturated rings. The van der Waals surface area contributed by atoms with Crippen molar-refractivity contribution in [2.75, 3.05) is 13.2 Å². The van der Waals surface area contributed by atoms with E-state index in [1.807, 2.05) is 18.2 Å². The topological polar surface area (TPSA) is 75.6 Å². The van der Waals surface area contributed by atoms with Crippen LogP contribution in [0, 0.1) is 5.92 Å². The second-order valence-electron chi connectivity index (χ2n) is 5.22. The van der Waals surface area contributed by atoms with Crippen LogP contribution in [0.4, 0.5) is 0 Å². The summed E-state index contributed by atoms with van der Waals surface area (Å²) in [5, 5.41) is 11.4. The molecule has 0 saturated heterocycles. The SMILES string of the molecule is CC(CNC(=O)Cc1ccc2c(c1)CCO2)CC(=O)O.